The van der Waals surface area contributed by atoms with Crippen molar-refractivity contribution < 1.29 is 4.79 Å². The second kappa shape index (κ2) is 1.63. The van der Waals surface area contributed by atoms with Crippen LogP contribution in [0.5, 0.6) is 0 Å². The normalized spacial score (nSPS) is 42.8. The van der Waals surface area contributed by atoms with Crippen molar-refractivity contribution in [1.82, 2.24) is 0 Å². The van der Waals surface area contributed by atoms with Crippen molar-refractivity contribution in [1.29, 1.82) is 0 Å². The maximum absolute atomic E-state index is 11.5. The number of hydrogen-bond acceptors (Lipinski definition) is 1. The van der Waals surface area contributed by atoms with Gasteiger partial charge in [0.05, 0.1) is 0 Å². The van der Waals surface area contributed by atoms with Gasteiger partial charge in [-0.25, -0.2) is 0 Å². The summed E-state index contributed by atoms with van der Waals surface area (Å²) in [6.45, 7) is 4.22. The fourth-order valence-electron chi connectivity index (χ4n) is 2.60. The van der Waals surface area contributed by atoms with Gasteiger partial charge in [0.15, 0.2) is 0 Å². The molecule has 10 heavy (non-hydrogen) atoms. The van der Waals surface area contributed by atoms with E-state index in [9.17, 15) is 4.79 Å². The van der Waals surface area contributed by atoms with Gasteiger partial charge < -0.3 is 0 Å². The minimum atomic E-state index is 0.0307. The molecule has 2 rings (SSSR count). The Morgan fingerprint density at radius 1 is 1.40 bits per heavy atom. The molecule has 56 valence electrons. The number of carbonyl (C=O) groups is 1. The van der Waals surface area contributed by atoms with E-state index in [1.54, 1.807) is 0 Å². The molecular weight excluding hydrogens is 124 g/mol. The van der Waals surface area contributed by atoms with Gasteiger partial charge in [-0.3, -0.25) is 4.79 Å². The zero-order valence-electron chi connectivity index (χ0n) is 6.68. The Morgan fingerprint density at radius 2 is 2.10 bits per heavy atom. The van der Waals surface area contributed by atoms with Crippen molar-refractivity contribution >= 4 is 5.78 Å². The molecular formula is C9H14O. The first-order valence-electron chi connectivity index (χ1n) is 4.16. The Bertz CT molecular complexity index is 181. The molecule has 2 aliphatic rings. The van der Waals surface area contributed by atoms with E-state index in [-0.39, 0.29) is 5.41 Å². The van der Waals surface area contributed by atoms with Crippen LogP contribution in [0.25, 0.3) is 0 Å². The Morgan fingerprint density at radius 3 is 2.40 bits per heavy atom. The van der Waals surface area contributed by atoms with E-state index in [1.165, 1.54) is 19.3 Å². The molecule has 2 aliphatic carbocycles. The summed E-state index contributed by atoms with van der Waals surface area (Å²) in [6.07, 6.45) is 3.65. The van der Waals surface area contributed by atoms with Crippen LogP contribution in [0.15, 0.2) is 0 Å². The third kappa shape index (κ3) is 0.561. The zero-order chi connectivity index (χ0) is 7.35. The lowest BCUT2D eigenvalue weighted by atomic mass is 9.76. The fraction of sp³-hybridized carbons (Fsp3) is 0.889. The lowest BCUT2D eigenvalue weighted by molar-refractivity contribution is -0.130. The summed E-state index contributed by atoms with van der Waals surface area (Å²) in [7, 11) is 0. The van der Waals surface area contributed by atoms with E-state index in [1.807, 2.05) is 0 Å². The molecule has 0 N–H and O–H groups in total. The molecule has 0 aromatic carbocycles. The molecule has 0 saturated heterocycles. The lowest BCUT2D eigenvalue weighted by Gasteiger charge is -2.27. The number of fused-ring (bicyclic) bond motifs is 2. The quantitative estimate of drug-likeness (QED) is 0.500. The van der Waals surface area contributed by atoms with Crippen LogP contribution in [-0.2, 0) is 4.79 Å². The summed E-state index contributed by atoms with van der Waals surface area (Å²) < 4.78 is 0. The highest BCUT2D eigenvalue weighted by atomic mass is 16.1. The third-order valence-corrected chi connectivity index (χ3v) is 3.46. The molecule has 0 aromatic heterocycles. The van der Waals surface area contributed by atoms with Gasteiger partial charge in [0.25, 0.3) is 0 Å². The minimum absolute atomic E-state index is 0.0307. The summed E-state index contributed by atoms with van der Waals surface area (Å²) >= 11 is 0. The van der Waals surface area contributed by atoms with Crippen molar-refractivity contribution in [3.8, 4) is 0 Å². The summed E-state index contributed by atoms with van der Waals surface area (Å²) in [5.74, 6) is 1.69. The third-order valence-electron chi connectivity index (χ3n) is 3.46. The lowest BCUT2D eigenvalue weighted by Crippen LogP contribution is -2.30. The Labute approximate surface area is 61.8 Å². The van der Waals surface area contributed by atoms with Gasteiger partial charge in [-0.1, -0.05) is 13.8 Å². The van der Waals surface area contributed by atoms with Gasteiger partial charge in [0.1, 0.15) is 5.78 Å². The van der Waals surface area contributed by atoms with Crippen LogP contribution in [0, 0.1) is 17.3 Å². The van der Waals surface area contributed by atoms with Gasteiger partial charge in [-0.05, 0) is 25.2 Å². The molecule has 0 amide bonds. The first-order valence-corrected chi connectivity index (χ1v) is 4.16. The van der Waals surface area contributed by atoms with Crippen LogP contribution in [0.2, 0.25) is 0 Å². The van der Waals surface area contributed by atoms with Crippen LogP contribution in [0.4, 0.5) is 0 Å². The fourth-order valence-corrected chi connectivity index (χ4v) is 2.60. The van der Waals surface area contributed by atoms with E-state index < -0.39 is 0 Å². The highest BCUT2D eigenvalue weighted by Crippen LogP contribution is 2.52. The van der Waals surface area contributed by atoms with E-state index in [0.29, 0.717) is 17.6 Å². The van der Waals surface area contributed by atoms with Crippen molar-refractivity contribution in [3.63, 3.8) is 0 Å². The van der Waals surface area contributed by atoms with E-state index in [2.05, 4.69) is 13.8 Å². The molecule has 0 unspecified atom stereocenters. The minimum Gasteiger partial charge on any atom is -0.299 e. The van der Waals surface area contributed by atoms with Gasteiger partial charge >= 0.3 is 0 Å². The topological polar surface area (TPSA) is 17.1 Å². The van der Waals surface area contributed by atoms with Crippen LogP contribution < -0.4 is 0 Å². The van der Waals surface area contributed by atoms with Crippen LogP contribution in [-0.4, -0.2) is 5.78 Å². The van der Waals surface area contributed by atoms with Gasteiger partial charge in [0, 0.05) is 11.3 Å². The SMILES string of the molecule is CC1(C)C(=O)[C@@H]2CC[C@H]1C2. The number of carbonyl (C=O) groups excluding carboxylic acids is 1. The van der Waals surface area contributed by atoms with Crippen molar-refractivity contribution in [2.75, 3.05) is 0 Å². The molecule has 1 heteroatoms. The number of ketones is 1. The molecule has 2 fully saturated rings. The molecule has 0 heterocycles. The predicted molar refractivity (Wildman–Crippen MR) is 39.6 cm³/mol. The molecule has 2 atom stereocenters. The average Bonchev–Trinajstić information content (AvgIpc) is 2.37. The number of rotatable bonds is 0. The Kier molecular flexibility index (Phi) is 1.04. The molecule has 0 radical (unpaired) electrons. The van der Waals surface area contributed by atoms with Gasteiger partial charge in [-0.15, -0.1) is 0 Å². The average molecular weight is 138 g/mol. The second-order valence-electron chi connectivity index (χ2n) is 4.29. The number of hydrogen-bond donors (Lipinski definition) is 0. The predicted octanol–water partition coefficient (Wildman–Crippen LogP) is 2.01. The van der Waals surface area contributed by atoms with Crippen LogP contribution >= 0.6 is 0 Å². The first-order chi connectivity index (χ1) is 4.62. The molecule has 2 bridgehead atoms. The van der Waals surface area contributed by atoms with Crippen molar-refractivity contribution in [3.05, 3.63) is 0 Å². The van der Waals surface area contributed by atoms with E-state index in [0.717, 1.165) is 0 Å². The zero-order valence-corrected chi connectivity index (χ0v) is 6.68. The molecule has 0 spiro atoms. The summed E-state index contributed by atoms with van der Waals surface area (Å²) in [6, 6.07) is 0. The summed E-state index contributed by atoms with van der Waals surface area (Å²) in [5.41, 5.74) is 0.0307. The first kappa shape index (κ1) is 6.38. The molecule has 1 nitrogen and oxygen atoms in total. The number of Topliss-reactive ketones (excluding diaryl/α,β-unsaturated/α-hetero) is 1. The second-order valence-corrected chi connectivity index (χ2v) is 4.29. The maximum Gasteiger partial charge on any atom is 0.141 e. The standard InChI is InChI=1S/C9H14O/c1-9(2)7-4-3-6(5-7)8(9)10/h6-7H,3-5H2,1-2H3/t6-,7+/m1/s1. The van der Waals surface area contributed by atoms with E-state index >= 15 is 0 Å². The Balaban J connectivity index is 2.34. The molecule has 2 saturated carbocycles. The van der Waals surface area contributed by atoms with Crippen LogP contribution in [0.3, 0.4) is 0 Å². The summed E-state index contributed by atoms with van der Waals surface area (Å²) in [4.78, 5) is 11.5. The monoisotopic (exact) mass is 138 g/mol. The Hall–Kier alpha value is -0.330. The smallest absolute Gasteiger partial charge is 0.141 e. The molecule has 0 aliphatic heterocycles. The summed E-state index contributed by atoms with van der Waals surface area (Å²) in [5, 5.41) is 0. The highest BCUT2D eigenvalue weighted by molar-refractivity contribution is 5.89. The molecule has 0 aromatic rings. The van der Waals surface area contributed by atoms with Crippen molar-refractivity contribution in [2.45, 2.75) is 33.1 Å². The van der Waals surface area contributed by atoms with Crippen LogP contribution in [0.1, 0.15) is 33.1 Å². The van der Waals surface area contributed by atoms with Gasteiger partial charge in [-0.2, -0.15) is 0 Å². The van der Waals surface area contributed by atoms with Gasteiger partial charge in [0.2, 0.25) is 0 Å². The highest BCUT2D eigenvalue weighted by Gasteiger charge is 2.51. The van der Waals surface area contributed by atoms with E-state index in [4.69, 9.17) is 0 Å². The largest absolute Gasteiger partial charge is 0.299 e. The van der Waals surface area contributed by atoms with Crippen molar-refractivity contribution in [2.24, 2.45) is 17.3 Å². The maximum atomic E-state index is 11.5.